The number of hydrogen-bond acceptors (Lipinski definition) is 2. The lowest BCUT2D eigenvalue weighted by Crippen LogP contribution is -2.64. The Morgan fingerprint density at radius 3 is 2.50 bits per heavy atom. The van der Waals surface area contributed by atoms with Crippen LogP contribution in [-0.4, -0.2) is 21.9 Å². The molecule has 4 fully saturated rings. The van der Waals surface area contributed by atoms with E-state index >= 15 is 0 Å². The smallest absolute Gasteiger partial charge is 0.0503 e. The highest BCUT2D eigenvalue weighted by Gasteiger charge is 2.54. The van der Waals surface area contributed by atoms with Crippen LogP contribution in [0.25, 0.3) is 0 Å². The van der Waals surface area contributed by atoms with E-state index < -0.39 is 0 Å². The summed E-state index contributed by atoms with van der Waals surface area (Å²) in [7, 11) is 0. The maximum Gasteiger partial charge on any atom is 0.0503 e. The second kappa shape index (κ2) is 2.83. The molecule has 1 N–H and O–H groups in total. The molecule has 4 bridgehead atoms. The summed E-state index contributed by atoms with van der Waals surface area (Å²) in [5.74, 6) is 1.77. The molecule has 0 amide bonds. The zero-order chi connectivity index (χ0) is 9.76. The molecule has 2 unspecified atom stereocenters. The van der Waals surface area contributed by atoms with Gasteiger partial charge >= 0.3 is 0 Å². The van der Waals surface area contributed by atoms with Gasteiger partial charge in [-0.2, -0.15) is 5.06 Å². The van der Waals surface area contributed by atoms with Crippen LogP contribution in [0, 0.1) is 11.8 Å². The van der Waals surface area contributed by atoms with Crippen LogP contribution in [-0.2, 0) is 0 Å². The van der Waals surface area contributed by atoms with Crippen LogP contribution < -0.4 is 0 Å². The summed E-state index contributed by atoms with van der Waals surface area (Å²) in [5.41, 5.74) is 0.0799. The van der Waals surface area contributed by atoms with Gasteiger partial charge in [0.25, 0.3) is 0 Å². The molecule has 0 radical (unpaired) electrons. The first-order valence-corrected chi connectivity index (χ1v) is 5.82. The number of rotatable bonds is 2. The standard InChI is InChI=1S/C12H19NO/c1-2-3-12-7-9-4-10(8-12)6-11(5-9)13(12)14/h2,9-11,14H,1,3-8H2. The number of hydroxylamine groups is 2. The summed E-state index contributed by atoms with van der Waals surface area (Å²) < 4.78 is 0. The maximum absolute atomic E-state index is 10.2. The predicted molar refractivity (Wildman–Crippen MR) is 55.0 cm³/mol. The third-order valence-corrected chi connectivity index (χ3v) is 4.57. The molecule has 0 aromatic rings. The average molecular weight is 193 g/mol. The average Bonchev–Trinajstić information content (AvgIpc) is 2.13. The van der Waals surface area contributed by atoms with E-state index in [0.717, 1.165) is 18.3 Å². The minimum Gasteiger partial charge on any atom is -0.313 e. The maximum atomic E-state index is 10.2. The molecule has 0 aromatic heterocycles. The topological polar surface area (TPSA) is 23.5 Å². The van der Waals surface area contributed by atoms with E-state index in [1.54, 1.807) is 5.06 Å². The van der Waals surface area contributed by atoms with Gasteiger partial charge in [-0.25, -0.2) is 0 Å². The summed E-state index contributed by atoms with van der Waals surface area (Å²) in [4.78, 5) is 0. The van der Waals surface area contributed by atoms with E-state index in [-0.39, 0.29) is 5.54 Å². The molecular formula is C12H19NO. The van der Waals surface area contributed by atoms with E-state index in [9.17, 15) is 5.21 Å². The van der Waals surface area contributed by atoms with Crippen LogP contribution in [0.2, 0.25) is 0 Å². The van der Waals surface area contributed by atoms with Crippen molar-refractivity contribution in [3.05, 3.63) is 12.7 Å². The Kier molecular flexibility index (Phi) is 1.80. The predicted octanol–water partition coefficient (Wildman–Crippen LogP) is 2.58. The molecule has 2 aliphatic heterocycles. The van der Waals surface area contributed by atoms with Gasteiger partial charge in [0.1, 0.15) is 0 Å². The number of nitrogens with zero attached hydrogens (tertiary/aromatic N) is 1. The zero-order valence-electron chi connectivity index (χ0n) is 8.65. The van der Waals surface area contributed by atoms with Crippen LogP contribution in [0.1, 0.15) is 38.5 Å². The monoisotopic (exact) mass is 193 g/mol. The molecule has 2 atom stereocenters. The van der Waals surface area contributed by atoms with Crippen molar-refractivity contribution in [2.24, 2.45) is 11.8 Å². The number of hydrogen-bond donors (Lipinski definition) is 1. The lowest BCUT2D eigenvalue weighted by atomic mass is 9.58. The SMILES string of the molecule is C=CCC12CC3CC(CC(C3)N1O)C2. The second-order valence-electron chi connectivity index (χ2n) is 5.56. The lowest BCUT2D eigenvalue weighted by molar-refractivity contribution is -0.274. The Morgan fingerprint density at radius 2 is 1.93 bits per heavy atom. The van der Waals surface area contributed by atoms with E-state index in [0.29, 0.717) is 6.04 Å². The zero-order valence-corrected chi connectivity index (χ0v) is 8.65. The molecule has 14 heavy (non-hydrogen) atoms. The van der Waals surface area contributed by atoms with Gasteiger partial charge in [-0.1, -0.05) is 6.08 Å². The first-order chi connectivity index (χ1) is 6.73. The van der Waals surface area contributed by atoms with E-state index in [1.807, 2.05) is 6.08 Å². The van der Waals surface area contributed by atoms with E-state index in [2.05, 4.69) is 6.58 Å². The second-order valence-corrected chi connectivity index (χ2v) is 5.56. The van der Waals surface area contributed by atoms with Gasteiger partial charge in [0.05, 0.1) is 5.54 Å². The summed E-state index contributed by atoms with van der Waals surface area (Å²) in [6.07, 6.45) is 9.22. The van der Waals surface area contributed by atoms with Gasteiger partial charge in [-0.15, -0.1) is 6.58 Å². The molecule has 2 heteroatoms. The highest BCUT2D eigenvalue weighted by Crippen LogP contribution is 2.55. The Labute approximate surface area is 85.6 Å². The van der Waals surface area contributed by atoms with Crippen molar-refractivity contribution in [3.63, 3.8) is 0 Å². The first kappa shape index (κ1) is 8.93. The molecule has 2 heterocycles. The third-order valence-electron chi connectivity index (χ3n) is 4.57. The Balaban J connectivity index is 1.93. The van der Waals surface area contributed by atoms with Crippen molar-refractivity contribution >= 4 is 0 Å². The van der Waals surface area contributed by atoms with E-state index in [1.165, 1.54) is 32.1 Å². The van der Waals surface area contributed by atoms with Crippen LogP contribution in [0.4, 0.5) is 0 Å². The van der Waals surface area contributed by atoms with Crippen molar-refractivity contribution in [2.45, 2.75) is 50.1 Å². The minimum absolute atomic E-state index is 0.0799. The summed E-state index contributed by atoms with van der Waals surface area (Å²) in [5, 5.41) is 11.9. The van der Waals surface area contributed by atoms with Crippen molar-refractivity contribution < 1.29 is 5.21 Å². The van der Waals surface area contributed by atoms with Crippen LogP contribution >= 0.6 is 0 Å². The van der Waals surface area contributed by atoms with Crippen molar-refractivity contribution in [2.75, 3.05) is 0 Å². The molecule has 4 rings (SSSR count). The molecule has 0 aromatic carbocycles. The van der Waals surface area contributed by atoms with Gasteiger partial charge in [-0.3, -0.25) is 0 Å². The lowest BCUT2D eigenvalue weighted by Gasteiger charge is -2.60. The first-order valence-electron chi connectivity index (χ1n) is 5.82. The van der Waals surface area contributed by atoms with Gasteiger partial charge in [-0.05, 0) is 50.4 Å². The highest BCUT2D eigenvalue weighted by atomic mass is 16.5. The highest BCUT2D eigenvalue weighted by molar-refractivity contribution is 5.08. The van der Waals surface area contributed by atoms with Gasteiger partial charge in [0, 0.05) is 6.04 Å². The van der Waals surface area contributed by atoms with Crippen LogP contribution in [0.3, 0.4) is 0 Å². The fraction of sp³-hybridized carbons (Fsp3) is 0.833. The largest absolute Gasteiger partial charge is 0.313 e. The van der Waals surface area contributed by atoms with Crippen molar-refractivity contribution in [1.29, 1.82) is 0 Å². The summed E-state index contributed by atoms with van der Waals surface area (Å²) in [6.45, 7) is 3.83. The molecule has 78 valence electrons. The summed E-state index contributed by atoms with van der Waals surface area (Å²) in [6, 6.07) is 0.459. The Bertz CT molecular complexity index is 249. The van der Waals surface area contributed by atoms with Crippen LogP contribution in [0.5, 0.6) is 0 Å². The van der Waals surface area contributed by atoms with Gasteiger partial charge in [0.15, 0.2) is 0 Å². The normalized spacial score (nSPS) is 51.1. The Morgan fingerprint density at radius 1 is 1.29 bits per heavy atom. The molecule has 2 aliphatic carbocycles. The molecule has 2 saturated heterocycles. The fourth-order valence-corrected chi connectivity index (χ4v) is 4.32. The Hall–Kier alpha value is -0.340. The quantitative estimate of drug-likeness (QED) is 0.681. The summed E-state index contributed by atoms with van der Waals surface area (Å²) >= 11 is 0. The van der Waals surface area contributed by atoms with Crippen molar-refractivity contribution in [3.8, 4) is 0 Å². The van der Waals surface area contributed by atoms with Crippen LogP contribution in [0.15, 0.2) is 12.7 Å². The molecular weight excluding hydrogens is 174 g/mol. The third kappa shape index (κ3) is 1.04. The minimum atomic E-state index is 0.0799. The molecule has 0 spiro atoms. The molecule has 4 aliphatic rings. The van der Waals surface area contributed by atoms with Gasteiger partial charge in [0.2, 0.25) is 0 Å². The fourth-order valence-electron chi connectivity index (χ4n) is 4.32. The number of piperidine rings is 2. The molecule has 2 saturated carbocycles. The molecule has 2 nitrogen and oxygen atoms in total. The van der Waals surface area contributed by atoms with Crippen molar-refractivity contribution in [1.82, 2.24) is 5.06 Å². The van der Waals surface area contributed by atoms with E-state index in [4.69, 9.17) is 0 Å². The van der Waals surface area contributed by atoms with Gasteiger partial charge < -0.3 is 5.21 Å².